The topological polar surface area (TPSA) is 175 Å². The van der Waals surface area contributed by atoms with Crippen molar-refractivity contribution in [3.05, 3.63) is 122 Å². The number of aliphatic hydroxyl groups is 5. The molecule has 1 amide bonds. The van der Waals surface area contributed by atoms with Gasteiger partial charge in [-0.05, 0) is 103 Å². The highest BCUT2D eigenvalue weighted by atomic mass is 16.7. The third-order valence-electron chi connectivity index (χ3n) is 12.4. The van der Waals surface area contributed by atoms with Crippen LogP contribution in [0.5, 0.6) is 0 Å². The molecule has 1 heterocycles. The molecule has 8 atom stereocenters. The van der Waals surface area contributed by atoms with Crippen molar-refractivity contribution in [2.45, 2.75) is 243 Å². The van der Waals surface area contributed by atoms with Crippen LogP contribution in [0.25, 0.3) is 0 Å². The molecule has 1 aliphatic heterocycles. The van der Waals surface area contributed by atoms with E-state index in [1.807, 2.05) is 30.4 Å². The molecule has 1 fully saturated rings. The zero-order valence-electron chi connectivity index (χ0n) is 45.4. The smallest absolute Gasteiger partial charge is 0.306 e. The maximum atomic E-state index is 13.3. The normalized spacial score (nSPS) is 20.4. The van der Waals surface area contributed by atoms with Gasteiger partial charge in [0.25, 0.3) is 0 Å². The fourth-order valence-corrected chi connectivity index (χ4v) is 7.85. The number of esters is 1. The quantitative estimate of drug-likeness (QED) is 0.0196. The first-order valence-electron chi connectivity index (χ1n) is 28.3. The number of aliphatic hydroxyl groups excluding tert-OH is 5. The third kappa shape index (κ3) is 37.4. The number of ether oxygens (including phenoxy) is 3. The number of carbonyl (C=O) groups is 2. The maximum absolute atomic E-state index is 13.3. The lowest BCUT2D eigenvalue weighted by Gasteiger charge is -2.41. The summed E-state index contributed by atoms with van der Waals surface area (Å²) in [5.74, 6) is -1.33. The van der Waals surface area contributed by atoms with Gasteiger partial charge in [0, 0.05) is 6.42 Å². The molecule has 11 heteroatoms. The van der Waals surface area contributed by atoms with E-state index < -0.39 is 67.4 Å². The van der Waals surface area contributed by atoms with Crippen molar-refractivity contribution < 1.29 is 49.3 Å². The Morgan fingerprint density at radius 3 is 1.51 bits per heavy atom. The second kappa shape index (κ2) is 49.0. The average Bonchev–Trinajstić information content (AvgIpc) is 3.39. The molecular weight excluding hydrogens is 919 g/mol. The van der Waals surface area contributed by atoms with Crippen LogP contribution in [-0.2, 0) is 23.8 Å². The van der Waals surface area contributed by atoms with Gasteiger partial charge < -0.3 is 45.1 Å². The van der Waals surface area contributed by atoms with Crippen LogP contribution >= 0.6 is 0 Å². The average molecular weight is 1020 g/mol. The molecule has 0 spiro atoms. The number of unbranched alkanes of at least 4 members (excludes halogenated alkanes) is 13. The largest absolute Gasteiger partial charge is 0.454 e. The highest BCUT2D eigenvalue weighted by molar-refractivity contribution is 5.80. The Morgan fingerprint density at radius 1 is 0.548 bits per heavy atom. The molecule has 1 saturated heterocycles. The van der Waals surface area contributed by atoms with E-state index in [-0.39, 0.29) is 19.4 Å². The second-order valence-electron chi connectivity index (χ2n) is 18.9. The number of allylic oxidation sites excluding steroid dienone is 19. The van der Waals surface area contributed by atoms with Crippen LogP contribution in [0.3, 0.4) is 0 Å². The van der Waals surface area contributed by atoms with Crippen LogP contribution in [0.4, 0.5) is 0 Å². The van der Waals surface area contributed by atoms with Crippen LogP contribution in [-0.4, -0.2) is 99.6 Å². The number of nitrogens with one attached hydrogen (secondary N) is 1. The zero-order chi connectivity index (χ0) is 53.3. The lowest BCUT2D eigenvalue weighted by atomic mass is 9.99. The van der Waals surface area contributed by atoms with E-state index in [2.05, 4.69) is 111 Å². The third-order valence-corrected chi connectivity index (χ3v) is 12.4. The fourth-order valence-electron chi connectivity index (χ4n) is 7.85. The molecule has 0 bridgehead atoms. The summed E-state index contributed by atoms with van der Waals surface area (Å²) in [4.78, 5) is 26.4. The maximum Gasteiger partial charge on any atom is 0.306 e. The minimum absolute atomic E-state index is 0.0339. The second-order valence-corrected chi connectivity index (χ2v) is 18.9. The van der Waals surface area contributed by atoms with Gasteiger partial charge in [0.15, 0.2) is 12.4 Å². The van der Waals surface area contributed by atoms with Crippen molar-refractivity contribution in [3.63, 3.8) is 0 Å². The molecule has 0 aromatic rings. The first-order chi connectivity index (χ1) is 35.7. The zero-order valence-corrected chi connectivity index (χ0v) is 45.4. The van der Waals surface area contributed by atoms with E-state index in [0.29, 0.717) is 19.3 Å². The summed E-state index contributed by atoms with van der Waals surface area (Å²) < 4.78 is 17.5. The number of carbonyl (C=O) groups excluding carboxylic acids is 2. The molecule has 0 aliphatic carbocycles. The van der Waals surface area contributed by atoms with E-state index in [1.165, 1.54) is 57.8 Å². The first kappa shape index (κ1) is 67.1. The number of amides is 1. The molecule has 8 unspecified atom stereocenters. The summed E-state index contributed by atoms with van der Waals surface area (Å²) in [5.41, 5.74) is 0. The molecule has 73 heavy (non-hydrogen) atoms. The van der Waals surface area contributed by atoms with Crippen LogP contribution in [0.2, 0.25) is 0 Å². The lowest BCUT2D eigenvalue weighted by molar-refractivity contribution is -0.305. The van der Waals surface area contributed by atoms with Crippen molar-refractivity contribution >= 4 is 11.9 Å². The molecular formula is C62H101NO10. The molecule has 0 aromatic heterocycles. The van der Waals surface area contributed by atoms with E-state index in [9.17, 15) is 35.1 Å². The van der Waals surface area contributed by atoms with E-state index >= 15 is 0 Å². The Kier molecular flexibility index (Phi) is 45.0. The Morgan fingerprint density at radius 2 is 0.986 bits per heavy atom. The van der Waals surface area contributed by atoms with Crippen LogP contribution in [0.1, 0.15) is 194 Å². The van der Waals surface area contributed by atoms with Gasteiger partial charge in [0.05, 0.1) is 25.4 Å². The van der Waals surface area contributed by atoms with E-state index in [4.69, 9.17) is 14.2 Å². The monoisotopic (exact) mass is 1020 g/mol. The molecule has 414 valence electrons. The van der Waals surface area contributed by atoms with Crippen molar-refractivity contribution in [3.8, 4) is 0 Å². The summed E-state index contributed by atoms with van der Waals surface area (Å²) in [5, 5.41) is 56.7. The van der Waals surface area contributed by atoms with Crippen LogP contribution in [0.15, 0.2) is 122 Å². The summed E-state index contributed by atoms with van der Waals surface area (Å²) in [6, 6.07) is -1.07. The van der Waals surface area contributed by atoms with Crippen LogP contribution < -0.4 is 5.32 Å². The Labute approximate surface area is 442 Å². The van der Waals surface area contributed by atoms with Gasteiger partial charge >= 0.3 is 5.97 Å². The molecule has 0 aromatic carbocycles. The number of hydrogen-bond donors (Lipinski definition) is 6. The highest BCUT2D eigenvalue weighted by Gasteiger charge is 2.47. The molecule has 0 radical (unpaired) electrons. The van der Waals surface area contributed by atoms with Crippen molar-refractivity contribution in [1.29, 1.82) is 0 Å². The molecule has 1 rings (SSSR count). The Hall–Kier alpha value is -3.94. The van der Waals surface area contributed by atoms with E-state index in [0.717, 1.165) is 83.5 Å². The minimum atomic E-state index is -1.65. The molecule has 11 nitrogen and oxygen atoms in total. The first-order valence-corrected chi connectivity index (χ1v) is 28.3. The van der Waals surface area contributed by atoms with Crippen molar-refractivity contribution in [2.24, 2.45) is 0 Å². The minimum Gasteiger partial charge on any atom is -0.454 e. The summed E-state index contributed by atoms with van der Waals surface area (Å²) in [6.45, 7) is 5.54. The summed E-state index contributed by atoms with van der Waals surface area (Å²) in [7, 11) is 0. The Balaban J connectivity index is 2.82. The van der Waals surface area contributed by atoms with E-state index in [1.54, 1.807) is 6.08 Å². The molecule has 1 aliphatic rings. The Bertz CT molecular complexity index is 1640. The predicted molar refractivity (Wildman–Crippen MR) is 301 cm³/mol. The van der Waals surface area contributed by atoms with Gasteiger partial charge in [0.2, 0.25) is 5.91 Å². The van der Waals surface area contributed by atoms with Crippen molar-refractivity contribution in [2.75, 3.05) is 13.2 Å². The van der Waals surface area contributed by atoms with Gasteiger partial charge in [-0.2, -0.15) is 0 Å². The predicted octanol–water partition coefficient (Wildman–Crippen LogP) is 12.7. The molecule has 0 saturated carbocycles. The van der Waals surface area contributed by atoms with Gasteiger partial charge in [-0.1, -0.05) is 206 Å². The number of hydrogen-bond acceptors (Lipinski definition) is 10. The van der Waals surface area contributed by atoms with Crippen LogP contribution in [0, 0.1) is 0 Å². The molecule has 6 N–H and O–H groups in total. The standard InChI is InChI=1S/C62H101NO10/c1-4-7-10-13-16-19-22-24-26-28-30-32-35-38-41-44-47-50-57(67)73-60-59(69)58(68)56(51-64)72-62(60)71-52-53(54(65)48-45-42-39-36-33-21-18-15-12-9-6-3)63-61(70)55(66)49-46-43-40-37-34-31-29-27-25-23-20-17-14-11-8-5-2/h8,11,16-17,19-20,24-27,30-32,34,38,40-41,43,45,48,53-56,58-60,62,64-66,68-69H,4-7,9-10,12-15,18,21-23,28-29,33,35-37,39,42,44,46-47,49-52H2,1-3H3,(H,63,70)/b11-8-,19-16-,20-17-,26-24-,27-25-,32-30-,34-31-,41-38-,43-40-,48-45+. The summed E-state index contributed by atoms with van der Waals surface area (Å²) >= 11 is 0. The highest BCUT2D eigenvalue weighted by Crippen LogP contribution is 2.26. The number of rotatable bonds is 45. The summed E-state index contributed by atoms with van der Waals surface area (Å²) in [6.07, 6.45) is 56.8. The lowest BCUT2D eigenvalue weighted by Crippen LogP contribution is -2.61. The van der Waals surface area contributed by atoms with Crippen molar-refractivity contribution in [1.82, 2.24) is 5.32 Å². The van der Waals surface area contributed by atoms with Gasteiger partial charge in [0.1, 0.15) is 24.4 Å². The fraction of sp³-hybridized carbons (Fsp3) is 0.645. The van der Waals surface area contributed by atoms with Gasteiger partial charge in [-0.3, -0.25) is 9.59 Å². The SMILES string of the molecule is CC/C=C\C/C=C\C/C=C\C/C=C\C/C=C\CCC(O)C(=O)NC(COC1OC(CO)C(O)C(O)C1OC(=O)CCC/C=C\C/C=C\C/C=C\C/C=C\CCCCC)C(O)/C=C/CCCCCCCCCCC. The van der Waals surface area contributed by atoms with Gasteiger partial charge in [-0.15, -0.1) is 0 Å². The van der Waals surface area contributed by atoms with Gasteiger partial charge in [-0.25, -0.2) is 0 Å².